The van der Waals surface area contributed by atoms with E-state index in [2.05, 4.69) is 20.3 Å². The van der Waals surface area contributed by atoms with Crippen LogP contribution in [0.5, 0.6) is 5.88 Å². The van der Waals surface area contributed by atoms with Gasteiger partial charge in [0.25, 0.3) is 5.91 Å². The molecule has 1 aromatic carbocycles. The molecule has 6 rings (SSSR count). The van der Waals surface area contributed by atoms with E-state index in [9.17, 15) is 9.18 Å². The normalized spacial score (nSPS) is 19.9. The number of ether oxygens (including phenoxy) is 1. The molecule has 1 amide bonds. The van der Waals surface area contributed by atoms with Gasteiger partial charge in [-0.15, -0.1) is 0 Å². The number of rotatable bonds is 7. The maximum Gasteiger partial charge on any atom is 0.251 e. The first-order valence-electron chi connectivity index (χ1n) is 12.3. The Hall–Kier alpha value is -3.59. The van der Waals surface area contributed by atoms with Gasteiger partial charge >= 0.3 is 0 Å². The standard InChI is InChI=1S/C27H26ClFN6O2/c1-15-5-8-30-19(9-15)13-35-23(34-22-24(35)31-14-32-26(22)37-27(2)6-7-27)20-4-3-16(10-21(20)28)25(36)33-18-11-17(29)12-18/h3-5,8-10,14,17-18H,6-7,11-13H2,1-2H3,(H,33,36). The van der Waals surface area contributed by atoms with Crippen LogP contribution in [-0.2, 0) is 6.54 Å². The molecule has 3 aromatic heterocycles. The van der Waals surface area contributed by atoms with E-state index in [0.717, 1.165) is 24.1 Å². The van der Waals surface area contributed by atoms with Crippen LogP contribution in [0.3, 0.4) is 0 Å². The minimum atomic E-state index is -0.841. The van der Waals surface area contributed by atoms with Gasteiger partial charge in [-0.05, 0) is 75.4 Å². The number of pyridine rings is 1. The third-order valence-corrected chi connectivity index (χ3v) is 7.29. The topological polar surface area (TPSA) is 94.8 Å². The molecular weight excluding hydrogens is 495 g/mol. The summed E-state index contributed by atoms with van der Waals surface area (Å²) in [4.78, 5) is 31.0. The first-order chi connectivity index (χ1) is 17.8. The zero-order chi connectivity index (χ0) is 25.7. The third kappa shape index (κ3) is 4.75. The maximum atomic E-state index is 13.1. The quantitative estimate of drug-likeness (QED) is 0.366. The molecule has 10 heteroatoms. The van der Waals surface area contributed by atoms with Crippen molar-refractivity contribution < 1.29 is 13.9 Å². The lowest BCUT2D eigenvalue weighted by molar-refractivity contribution is 0.0860. The van der Waals surface area contributed by atoms with E-state index in [4.69, 9.17) is 21.3 Å². The van der Waals surface area contributed by atoms with E-state index >= 15 is 0 Å². The van der Waals surface area contributed by atoms with Crippen molar-refractivity contribution in [2.24, 2.45) is 0 Å². The van der Waals surface area contributed by atoms with Gasteiger partial charge in [-0.2, -0.15) is 4.98 Å². The van der Waals surface area contributed by atoms with Gasteiger partial charge in [0.05, 0.1) is 17.3 Å². The number of alkyl halides is 1. The lowest BCUT2D eigenvalue weighted by atomic mass is 9.90. The molecule has 0 atom stereocenters. The van der Waals surface area contributed by atoms with Crippen molar-refractivity contribution >= 4 is 28.7 Å². The summed E-state index contributed by atoms with van der Waals surface area (Å²) in [6.45, 7) is 4.47. The first kappa shape index (κ1) is 23.8. The SMILES string of the molecule is Cc1ccnc(Cn2c(-c3ccc(C(=O)NC4CC(F)C4)cc3Cl)nc3c(OC4(C)CC4)ncnc32)c1. The van der Waals surface area contributed by atoms with Crippen molar-refractivity contribution in [2.75, 3.05) is 0 Å². The second-order valence-corrected chi connectivity index (χ2v) is 10.6. The molecule has 2 aliphatic rings. The predicted molar refractivity (Wildman–Crippen MR) is 137 cm³/mol. The van der Waals surface area contributed by atoms with Gasteiger partial charge in [0.2, 0.25) is 5.88 Å². The van der Waals surface area contributed by atoms with Crippen LogP contribution in [0.4, 0.5) is 4.39 Å². The summed E-state index contributed by atoms with van der Waals surface area (Å²) >= 11 is 6.72. The number of halogens is 2. The minimum Gasteiger partial charge on any atom is -0.470 e. The molecule has 0 bridgehead atoms. The molecule has 0 spiro atoms. The van der Waals surface area contributed by atoms with Gasteiger partial charge in [-0.1, -0.05) is 11.6 Å². The number of nitrogens with one attached hydrogen (secondary N) is 1. The smallest absolute Gasteiger partial charge is 0.251 e. The van der Waals surface area contributed by atoms with Gasteiger partial charge < -0.3 is 14.6 Å². The lowest BCUT2D eigenvalue weighted by Gasteiger charge is -2.30. The molecule has 3 heterocycles. The van der Waals surface area contributed by atoms with Crippen LogP contribution in [0.2, 0.25) is 5.02 Å². The van der Waals surface area contributed by atoms with E-state index in [1.165, 1.54) is 6.33 Å². The third-order valence-electron chi connectivity index (χ3n) is 6.98. The zero-order valence-electron chi connectivity index (χ0n) is 20.5. The summed E-state index contributed by atoms with van der Waals surface area (Å²) in [5.41, 5.74) is 3.89. The number of nitrogens with zero attached hydrogens (tertiary/aromatic N) is 5. The van der Waals surface area contributed by atoms with Gasteiger partial charge in [0.15, 0.2) is 11.2 Å². The van der Waals surface area contributed by atoms with Crippen molar-refractivity contribution in [3.63, 3.8) is 0 Å². The second kappa shape index (κ2) is 9.06. The molecule has 0 saturated heterocycles. The van der Waals surface area contributed by atoms with E-state index in [0.29, 0.717) is 58.4 Å². The summed E-state index contributed by atoms with van der Waals surface area (Å²) in [6, 6.07) is 8.90. The molecule has 0 unspecified atom stereocenters. The van der Waals surface area contributed by atoms with Crippen LogP contribution >= 0.6 is 11.6 Å². The van der Waals surface area contributed by atoms with Gasteiger partial charge in [-0.3, -0.25) is 9.78 Å². The monoisotopic (exact) mass is 520 g/mol. The summed E-state index contributed by atoms with van der Waals surface area (Å²) < 4.78 is 21.3. The van der Waals surface area contributed by atoms with Crippen LogP contribution in [-0.4, -0.2) is 48.2 Å². The number of carbonyl (C=O) groups is 1. The lowest BCUT2D eigenvalue weighted by Crippen LogP contribution is -2.45. The molecule has 0 radical (unpaired) electrons. The molecule has 190 valence electrons. The first-order valence-corrected chi connectivity index (χ1v) is 12.7. The number of carbonyl (C=O) groups excluding carboxylic acids is 1. The highest BCUT2D eigenvalue weighted by atomic mass is 35.5. The maximum absolute atomic E-state index is 13.1. The number of hydrogen-bond acceptors (Lipinski definition) is 6. The largest absolute Gasteiger partial charge is 0.470 e. The molecule has 1 N–H and O–H groups in total. The van der Waals surface area contributed by atoms with Crippen molar-refractivity contribution in [1.82, 2.24) is 29.8 Å². The minimum absolute atomic E-state index is 0.141. The number of aromatic nitrogens is 5. The highest BCUT2D eigenvalue weighted by Gasteiger charge is 2.41. The number of fused-ring (bicyclic) bond motifs is 1. The number of imidazole rings is 1. The summed E-state index contributed by atoms with van der Waals surface area (Å²) in [5, 5.41) is 3.22. The highest BCUT2D eigenvalue weighted by Crippen LogP contribution is 2.41. The van der Waals surface area contributed by atoms with E-state index in [1.54, 1.807) is 24.4 Å². The zero-order valence-corrected chi connectivity index (χ0v) is 21.3. The average Bonchev–Trinajstić information content (AvgIpc) is 3.46. The fraction of sp³-hybridized carbons (Fsp3) is 0.370. The molecular formula is C27H26ClFN6O2. The van der Waals surface area contributed by atoms with Crippen LogP contribution in [0.25, 0.3) is 22.6 Å². The molecule has 8 nitrogen and oxygen atoms in total. The average molecular weight is 521 g/mol. The molecule has 2 aliphatic carbocycles. The summed E-state index contributed by atoms with van der Waals surface area (Å²) in [5.74, 6) is 0.726. The Morgan fingerprint density at radius 3 is 2.73 bits per heavy atom. The fourth-order valence-corrected chi connectivity index (χ4v) is 4.74. The van der Waals surface area contributed by atoms with E-state index < -0.39 is 6.17 Å². The van der Waals surface area contributed by atoms with Crippen molar-refractivity contribution in [2.45, 2.75) is 63.9 Å². The Balaban J connectivity index is 1.40. The highest BCUT2D eigenvalue weighted by molar-refractivity contribution is 6.33. The number of benzene rings is 1. The van der Waals surface area contributed by atoms with Gasteiger partial charge in [0.1, 0.15) is 23.9 Å². The molecule has 2 saturated carbocycles. The van der Waals surface area contributed by atoms with Crippen molar-refractivity contribution in [1.29, 1.82) is 0 Å². The molecule has 0 aliphatic heterocycles. The number of aryl methyl sites for hydroxylation is 1. The second-order valence-electron chi connectivity index (χ2n) is 10.2. The summed E-state index contributed by atoms with van der Waals surface area (Å²) in [6.07, 6.45) is 5.02. The predicted octanol–water partition coefficient (Wildman–Crippen LogP) is 5.06. The fourth-order valence-electron chi connectivity index (χ4n) is 4.48. The Kier molecular flexibility index (Phi) is 5.82. The Morgan fingerprint density at radius 2 is 2.03 bits per heavy atom. The van der Waals surface area contributed by atoms with Crippen LogP contribution in [0.1, 0.15) is 54.2 Å². The van der Waals surface area contributed by atoms with Crippen LogP contribution in [0, 0.1) is 6.92 Å². The molecule has 2 fully saturated rings. The molecule has 37 heavy (non-hydrogen) atoms. The Morgan fingerprint density at radius 1 is 1.22 bits per heavy atom. The van der Waals surface area contributed by atoms with Crippen molar-refractivity contribution in [3.05, 3.63) is 64.7 Å². The van der Waals surface area contributed by atoms with Crippen molar-refractivity contribution in [3.8, 4) is 17.3 Å². The van der Waals surface area contributed by atoms with Crippen LogP contribution < -0.4 is 10.1 Å². The molecule has 4 aromatic rings. The Bertz CT molecular complexity index is 1510. The van der Waals surface area contributed by atoms with Gasteiger partial charge in [0, 0.05) is 23.4 Å². The summed E-state index contributed by atoms with van der Waals surface area (Å²) in [7, 11) is 0. The Labute approximate surface area is 218 Å². The van der Waals surface area contributed by atoms with E-state index in [-0.39, 0.29) is 17.6 Å². The van der Waals surface area contributed by atoms with E-state index in [1.807, 2.05) is 30.5 Å². The number of hydrogen-bond donors (Lipinski definition) is 1. The van der Waals surface area contributed by atoms with Gasteiger partial charge in [-0.25, -0.2) is 14.4 Å². The number of amides is 1. The van der Waals surface area contributed by atoms with Crippen LogP contribution in [0.15, 0.2) is 42.9 Å².